The fourth-order valence-corrected chi connectivity index (χ4v) is 3.29. The quantitative estimate of drug-likeness (QED) is 0.473. The van der Waals surface area contributed by atoms with Crippen molar-refractivity contribution in [3.05, 3.63) is 82.1 Å². The molecule has 0 atom stereocenters. The van der Waals surface area contributed by atoms with Crippen LogP contribution in [0.1, 0.15) is 38.7 Å². The highest BCUT2D eigenvalue weighted by Crippen LogP contribution is 2.27. The first kappa shape index (κ1) is 24.5. The second kappa shape index (κ2) is 11.6. The number of benzene rings is 1. The first-order chi connectivity index (χ1) is 14.8. The van der Waals surface area contributed by atoms with E-state index in [9.17, 15) is 14.3 Å². The van der Waals surface area contributed by atoms with Crippen LogP contribution in [0.5, 0.6) is 0 Å². The molecule has 0 saturated carbocycles. The van der Waals surface area contributed by atoms with Crippen molar-refractivity contribution in [1.82, 2.24) is 21.1 Å². The Morgan fingerprint density at radius 2 is 2.13 bits per heavy atom. The average Bonchev–Trinajstić information content (AvgIpc) is 2.76. The lowest BCUT2D eigenvalue weighted by atomic mass is 9.97. The Kier molecular flexibility index (Phi) is 9.15. The fraction of sp³-hybridized carbons (Fsp3) is 0.348. The number of amides is 1. The van der Waals surface area contributed by atoms with Gasteiger partial charge in [0.05, 0.1) is 17.3 Å². The van der Waals surface area contributed by atoms with E-state index in [4.69, 9.17) is 11.6 Å². The molecule has 0 fully saturated rings. The highest BCUT2D eigenvalue weighted by atomic mass is 35.5. The van der Waals surface area contributed by atoms with Crippen LogP contribution in [-0.4, -0.2) is 29.1 Å². The number of allylic oxidation sites excluding steroid dienone is 2. The molecule has 0 spiro atoms. The van der Waals surface area contributed by atoms with E-state index >= 15 is 0 Å². The third kappa shape index (κ3) is 6.35. The van der Waals surface area contributed by atoms with Crippen molar-refractivity contribution in [2.24, 2.45) is 0 Å². The van der Waals surface area contributed by atoms with Crippen molar-refractivity contribution < 1.29 is 14.3 Å². The maximum Gasteiger partial charge on any atom is 0.254 e. The normalized spacial score (nSPS) is 19.5. The van der Waals surface area contributed by atoms with Crippen LogP contribution >= 0.6 is 11.6 Å². The number of hydrogen-bond acceptors (Lipinski definition) is 5. The maximum absolute atomic E-state index is 13.4. The van der Waals surface area contributed by atoms with Gasteiger partial charge in [0.2, 0.25) is 0 Å². The van der Waals surface area contributed by atoms with Gasteiger partial charge in [-0.3, -0.25) is 4.79 Å². The molecular weight excluding hydrogens is 419 g/mol. The van der Waals surface area contributed by atoms with Crippen molar-refractivity contribution >= 4 is 17.5 Å². The molecule has 2 rings (SSSR count). The number of carbonyl (C=O) groups excluding carboxylic acids is 1. The van der Waals surface area contributed by atoms with Crippen LogP contribution in [0.25, 0.3) is 0 Å². The summed E-state index contributed by atoms with van der Waals surface area (Å²) in [6.07, 6.45) is 3.74. The van der Waals surface area contributed by atoms with Crippen molar-refractivity contribution in [3.63, 3.8) is 0 Å². The standard InChI is InChI=1S/C23H30ClFN4O2/c1-5-7-8-18-22(30)15(3)19(13-27-28-14-29(6-2)23(18)31)16(4)26-12-17-9-10-21(25)20(24)11-17/h9-11,13,26-28,30H,3-8,12,14H2,1-2H3/b19-13+,22-18-. The lowest BCUT2D eigenvalue weighted by molar-refractivity contribution is -0.127. The Morgan fingerprint density at radius 1 is 1.39 bits per heavy atom. The number of carbonyl (C=O) groups is 1. The molecule has 0 aliphatic carbocycles. The number of hydrazine groups is 1. The van der Waals surface area contributed by atoms with E-state index in [-0.39, 0.29) is 28.9 Å². The molecular formula is C23H30ClFN4O2. The van der Waals surface area contributed by atoms with E-state index in [1.807, 2.05) is 13.8 Å². The van der Waals surface area contributed by atoms with Crippen LogP contribution in [0.3, 0.4) is 0 Å². The van der Waals surface area contributed by atoms with Gasteiger partial charge in [-0.1, -0.05) is 44.2 Å². The molecule has 1 heterocycles. The zero-order chi connectivity index (χ0) is 23.0. The van der Waals surface area contributed by atoms with Gasteiger partial charge in [0.1, 0.15) is 11.6 Å². The first-order valence-corrected chi connectivity index (χ1v) is 10.6. The summed E-state index contributed by atoms with van der Waals surface area (Å²) in [7, 11) is 0. The lowest BCUT2D eigenvalue weighted by Crippen LogP contribution is -2.44. The number of nitrogens with one attached hydrogen (secondary N) is 3. The van der Waals surface area contributed by atoms with E-state index in [0.29, 0.717) is 36.4 Å². The number of hydrogen-bond donors (Lipinski definition) is 4. The van der Waals surface area contributed by atoms with Crippen LogP contribution < -0.4 is 16.2 Å². The molecule has 1 aliphatic rings. The third-order valence-electron chi connectivity index (χ3n) is 5.01. The van der Waals surface area contributed by atoms with Gasteiger partial charge in [0.15, 0.2) is 0 Å². The smallest absolute Gasteiger partial charge is 0.254 e. The highest BCUT2D eigenvalue weighted by Gasteiger charge is 2.24. The summed E-state index contributed by atoms with van der Waals surface area (Å²) in [4.78, 5) is 14.6. The molecule has 0 unspecified atom stereocenters. The number of halogens is 2. The van der Waals surface area contributed by atoms with Gasteiger partial charge < -0.3 is 20.7 Å². The predicted octanol–water partition coefficient (Wildman–Crippen LogP) is 4.44. The first-order valence-electron chi connectivity index (χ1n) is 10.3. The van der Waals surface area contributed by atoms with Gasteiger partial charge in [0.25, 0.3) is 5.91 Å². The van der Waals surface area contributed by atoms with Gasteiger partial charge in [-0.25, -0.2) is 9.82 Å². The van der Waals surface area contributed by atoms with E-state index in [0.717, 1.165) is 18.4 Å². The van der Waals surface area contributed by atoms with Crippen LogP contribution in [0.4, 0.5) is 4.39 Å². The summed E-state index contributed by atoms with van der Waals surface area (Å²) < 4.78 is 13.4. The second-order valence-corrected chi connectivity index (χ2v) is 7.60. The Balaban J connectivity index is 2.28. The molecule has 168 valence electrons. The Labute approximate surface area is 188 Å². The molecule has 0 bridgehead atoms. The molecule has 1 aliphatic heterocycles. The summed E-state index contributed by atoms with van der Waals surface area (Å²) in [6, 6.07) is 4.46. The van der Waals surface area contributed by atoms with Gasteiger partial charge in [-0.15, -0.1) is 0 Å². The molecule has 0 radical (unpaired) electrons. The zero-order valence-electron chi connectivity index (χ0n) is 18.0. The van der Waals surface area contributed by atoms with Crippen molar-refractivity contribution in [2.75, 3.05) is 13.2 Å². The van der Waals surface area contributed by atoms with E-state index in [1.54, 1.807) is 17.2 Å². The van der Waals surface area contributed by atoms with E-state index < -0.39 is 5.82 Å². The fourth-order valence-electron chi connectivity index (χ4n) is 3.08. The SMILES string of the molecule is C=C(NCc1ccc(F)c(Cl)c1)/C1=C/NNCN(CC)C(=O)/C(CCCC)=C(\O)C1=C. The number of rotatable bonds is 8. The molecule has 1 amide bonds. The Hall–Kier alpha value is -2.77. The minimum atomic E-state index is -0.483. The second-order valence-electron chi connectivity index (χ2n) is 7.19. The number of nitrogens with zero attached hydrogens (tertiary/aromatic N) is 1. The monoisotopic (exact) mass is 448 g/mol. The number of likely N-dealkylation sites (N-methyl/N-ethyl adjacent to an activating group) is 1. The van der Waals surface area contributed by atoms with E-state index in [1.165, 1.54) is 12.1 Å². The number of aliphatic hydroxyl groups is 1. The minimum absolute atomic E-state index is 0.0400. The Morgan fingerprint density at radius 3 is 2.77 bits per heavy atom. The molecule has 6 nitrogen and oxygen atoms in total. The molecule has 31 heavy (non-hydrogen) atoms. The molecule has 1 aromatic rings. The lowest BCUT2D eigenvalue weighted by Gasteiger charge is -2.26. The average molecular weight is 449 g/mol. The maximum atomic E-state index is 13.4. The van der Waals surface area contributed by atoms with Crippen LogP contribution in [0, 0.1) is 5.82 Å². The predicted molar refractivity (Wildman–Crippen MR) is 122 cm³/mol. The summed E-state index contributed by atoms with van der Waals surface area (Å²) in [5, 5.41) is 14.1. The summed E-state index contributed by atoms with van der Waals surface area (Å²) in [6.45, 7) is 13.1. The topological polar surface area (TPSA) is 76.6 Å². The highest BCUT2D eigenvalue weighted by molar-refractivity contribution is 6.30. The largest absolute Gasteiger partial charge is 0.507 e. The van der Waals surface area contributed by atoms with Gasteiger partial charge >= 0.3 is 0 Å². The molecule has 4 N–H and O–H groups in total. The number of aliphatic hydroxyl groups excluding tert-OH is 1. The molecule has 0 saturated heterocycles. The minimum Gasteiger partial charge on any atom is -0.507 e. The Bertz CT molecular complexity index is 911. The van der Waals surface area contributed by atoms with Crippen LogP contribution in [0.2, 0.25) is 5.02 Å². The van der Waals surface area contributed by atoms with Crippen LogP contribution in [-0.2, 0) is 11.3 Å². The van der Waals surface area contributed by atoms with Crippen molar-refractivity contribution in [3.8, 4) is 0 Å². The number of unbranched alkanes of at least 4 members (excludes halogenated alkanes) is 1. The molecule has 1 aromatic carbocycles. The summed E-state index contributed by atoms with van der Waals surface area (Å²) >= 11 is 5.84. The molecule has 0 aromatic heterocycles. The third-order valence-corrected chi connectivity index (χ3v) is 5.30. The van der Waals surface area contributed by atoms with Gasteiger partial charge in [0, 0.05) is 36.1 Å². The van der Waals surface area contributed by atoms with Crippen molar-refractivity contribution in [1.29, 1.82) is 0 Å². The summed E-state index contributed by atoms with van der Waals surface area (Å²) in [5.74, 6) is -0.854. The van der Waals surface area contributed by atoms with Gasteiger partial charge in [-0.05, 0) is 37.5 Å². The zero-order valence-corrected chi connectivity index (χ0v) is 18.8. The molecule has 8 heteroatoms. The van der Waals surface area contributed by atoms with Crippen LogP contribution in [0.15, 0.2) is 65.7 Å². The summed E-state index contributed by atoms with van der Waals surface area (Å²) in [5.41, 5.74) is 8.26. The van der Waals surface area contributed by atoms with E-state index in [2.05, 4.69) is 29.3 Å². The van der Waals surface area contributed by atoms with Gasteiger partial charge in [-0.2, -0.15) is 0 Å². The van der Waals surface area contributed by atoms with Crippen molar-refractivity contribution in [2.45, 2.75) is 39.7 Å².